The summed E-state index contributed by atoms with van der Waals surface area (Å²) in [5.41, 5.74) is 1.74. The Morgan fingerprint density at radius 2 is 2.12 bits per heavy atom. The van der Waals surface area contributed by atoms with E-state index in [-0.39, 0.29) is 11.8 Å². The van der Waals surface area contributed by atoms with Crippen molar-refractivity contribution in [3.05, 3.63) is 17.5 Å². The van der Waals surface area contributed by atoms with E-state index in [0.29, 0.717) is 5.95 Å². The highest BCUT2D eigenvalue weighted by Crippen LogP contribution is 2.12. The van der Waals surface area contributed by atoms with Crippen LogP contribution in [0, 0.1) is 19.8 Å². The largest absolute Gasteiger partial charge is 0.316 e. The molecule has 1 saturated heterocycles. The number of piperidine rings is 1. The van der Waals surface area contributed by atoms with Gasteiger partial charge in [0.15, 0.2) is 0 Å². The Kier molecular flexibility index (Phi) is 3.68. The van der Waals surface area contributed by atoms with Crippen LogP contribution in [-0.4, -0.2) is 29.0 Å². The molecule has 1 aromatic rings. The van der Waals surface area contributed by atoms with Crippen LogP contribution in [0.4, 0.5) is 5.95 Å². The zero-order valence-corrected chi connectivity index (χ0v) is 10.3. The molecule has 1 fully saturated rings. The van der Waals surface area contributed by atoms with Crippen LogP contribution in [0.25, 0.3) is 0 Å². The number of anilines is 1. The van der Waals surface area contributed by atoms with Crippen molar-refractivity contribution < 1.29 is 4.79 Å². The lowest BCUT2D eigenvalue weighted by Gasteiger charge is -2.21. The number of hydrogen-bond donors (Lipinski definition) is 2. The van der Waals surface area contributed by atoms with Gasteiger partial charge in [0.1, 0.15) is 0 Å². The molecule has 5 nitrogen and oxygen atoms in total. The van der Waals surface area contributed by atoms with Gasteiger partial charge in [0, 0.05) is 17.9 Å². The second-order valence-corrected chi connectivity index (χ2v) is 4.51. The SMILES string of the molecule is Cc1cc(C)nc(NC(=O)[C@H]2CCCNC2)n1. The molecule has 2 rings (SSSR count). The molecule has 0 saturated carbocycles. The summed E-state index contributed by atoms with van der Waals surface area (Å²) in [7, 11) is 0. The van der Waals surface area contributed by atoms with E-state index in [1.54, 1.807) is 0 Å². The molecule has 0 unspecified atom stereocenters. The number of rotatable bonds is 2. The van der Waals surface area contributed by atoms with Crippen molar-refractivity contribution in [2.75, 3.05) is 18.4 Å². The van der Waals surface area contributed by atoms with Crippen molar-refractivity contribution in [2.45, 2.75) is 26.7 Å². The van der Waals surface area contributed by atoms with E-state index in [0.717, 1.165) is 37.3 Å². The van der Waals surface area contributed by atoms with Gasteiger partial charge in [-0.2, -0.15) is 0 Å². The van der Waals surface area contributed by atoms with Gasteiger partial charge in [-0.05, 0) is 39.3 Å². The number of hydrogen-bond acceptors (Lipinski definition) is 4. The molecule has 1 aromatic heterocycles. The Morgan fingerprint density at radius 3 is 2.71 bits per heavy atom. The molecule has 1 aliphatic heterocycles. The maximum Gasteiger partial charge on any atom is 0.231 e. The van der Waals surface area contributed by atoms with E-state index in [1.165, 1.54) is 0 Å². The van der Waals surface area contributed by atoms with Crippen molar-refractivity contribution in [3.63, 3.8) is 0 Å². The smallest absolute Gasteiger partial charge is 0.231 e. The molecule has 0 aromatic carbocycles. The molecular formula is C12H18N4O. The van der Waals surface area contributed by atoms with Crippen molar-refractivity contribution in [3.8, 4) is 0 Å². The molecule has 92 valence electrons. The van der Waals surface area contributed by atoms with E-state index in [1.807, 2.05) is 19.9 Å². The van der Waals surface area contributed by atoms with Crippen molar-refractivity contribution >= 4 is 11.9 Å². The van der Waals surface area contributed by atoms with Gasteiger partial charge in [-0.25, -0.2) is 9.97 Å². The number of nitrogens with zero attached hydrogens (tertiary/aromatic N) is 2. The van der Waals surface area contributed by atoms with E-state index < -0.39 is 0 Å². The van der Waals surface area contributed by atoms with Crippen LogP contribution in [0.2, 0.25) is 0 Å². The highest BCUT2D eigenvalue weighted by Gasteiger charge is 2.21. The molecule has 0 radical (unpaired) electrons. The van der Waals surface area contributed by atoms with Gasteiger partial charge < -0.3 is 5.32 Å². The van der Waals surface area contributed by atoms with E-state index >= 15 is 0 Å². The first-order chi connectivity index (χ1) is 8.15. The summed E-state index contributed by atoms with van der Waals surface area (Å²) in [5, 5.41) is 6.01. The Labute approximate surface area is 101 Å². The summed E-state index contributed by atoms with van der Waals surface area (Å²) in [6, 6.07) is 1.89. The minimum absolute atomic E-state index is 0.0159. The topological polar surface area (TPSA) is 66.9 Å². The summed E-state index contributed by atoms with van der Waals surface area (Å²) in [6.07, 6.45) is 1.98. The van der Waals surface area contributed by atoms with Crippen LogP contribution in [0.1, 0.15) is 24.2 Å². The van der Waals surface area contributed by atoms with Crippen molar-refractivity contribution in [1.29, 1.82) is 0 Å². The summed E-state index contributed by atoms with van der Waals surface area (Å²) in [4.78, 5) is 20.4. The van der Waals surface area contributed by atoms with Crippen LogP contribution in [0.3, 0.4) is 0 Å². The minimum atomic E-state index is 0.0159. The second-order valence-electron chi connectivity index (χ2n) is 4.51. The Hall–Kier alpha value is -1.49. The molecule has 5 heteroatoms. The number of nitrogens with one attached hydrogen (secondary N) is 2. The van der Waals surface area contributed by atoms with E-state index in [9.17, 15) is 4.79 Å². The number of aromatic nitrogens is 2. The summed E-state index contributed by atoms with van der Waals surface area (Å²) in [6.45, 7) is 5.54. The lowest BCUT2D eigenvalue weighted by Crippen LogP contribution is -2.37. The van der Waals surface area contributed by atoms with E-state index in [4.69, 9.17) is 0 Å². The highest BCUT2D eigenvalue weighted by atomic mass is 16.2. The molecule has 1 amide bonds. The Morgan fingerprint density at radius 1 is 1.41 bits per heavy atom. The van der Waals surface area contributed by atoms with Gasteiger partial charge in [0.2, 0.25) is 11.9 Å². The zero-order chi connectivity index (χ0) is 12.3. The first kappa shape index (κ1) is 12.0. The standard InChI is InChI=1S/C12H18N4O/c1-8-6-9(2)15-12(14-8)16-11(17)10-4-3-5-13-7-10/h6,10,13H,3-5,7H2,1-2H3,(H,14,15,16,17)/t10-/m0/s1. The third-order valence-electron chi connectivity index (χ3n) is 2.88. The molecule has 1 aliphatic rings. The highest BCUT2D eigenvalue weighted by molar-refractivity contribution is 5.91. The van der Waals surface area contributed by atoms with Crippen LogP contribution >= 0.6 is 0 Å². The zero-order valence-electron chi connectivity index (χ0n) is 10.3. The predicted molar refractivity (Wildman–Crippen MR) is 65.7 cm³/mol. The third-order valence-corrected chi connectivity index (χ3v) is 2.88. The lowest BCUT2D eigenvalue weighted by atomic mass is 9.99. The van der Waals surface area contributed by atoms with E-state index in [2.05, 4.69) is 20.6 Å². The monoisotopic (exact) mass is 234 g/mol. The quantitative estimate of drug-likeness (QED) is 0.802. The average molecular weight is 234 g/mol. The lowest BCUT2D eigenvalue weighted by molar-refractivity contribution is -0.120. The fourth-order valence-corrected chi connectivity index (χ4v) is 2.07. The Bertz CT molecular complexity index is 393. The van der Waals surface area contributed by atoms with Crippen molar-refractivity contribution in [1.82, 2.24) is 15.3 Å². The molecule has 1 atom stereocenters. The van der Waals surface area contributed by atoms with Gasteiger partial charge in [0.25, 0.3) is 0 Å². The second kappa shape index (κ2) is 5.23. The average Bonchev–Trinajstić information content (AvgIpc) is 2.28. The molecule has 0 bridgehead atoms. The number of carbonyl (C=O) groups excluding carboxylic acids is 1. The first-order valence-electron chi connectivity index (χ1n) is 5.99. The molecule has 2 heterocycles. The third kappa shape index (κ3) is 3.23. The Balaban J connectivity index is 2.01. The fraction of sp³-hybridized carbons (Fsp3) is 0.583. The summed E-state index contributed by atoms with van der Waals surface area (Å²) >= 11 is 0. The van der Waals surface area contributed by atoms with Crippen LogP contribution in [0.15, 0.2) is 6.07 Å². The van der Waals surface area contributed by atoms with Crippen molar-refractivity contribution in [2.24, 2.45) is 5.92 Å². The maximum atomic E-state index is 12.0. The summed E-state index contributed by atoms with van der Waals surface area (Å²) in [5.74, 6) is 0.466. The van der Waals surface area contributed by atoms with Gasteiger partial charge in [-0.15, -0.1) is 0 Å². The maximum absolute atomic E-state index is 12.0. The van der Waals surface area contributed by atoms with Gasteiger partial charge >= 0.3 is 0 Å². The first-order valence-corrected chi connectivity index (χ1v) is 5.99. The van der Waals surface area contributed by atoms with Gasteiger partial charge in [0.05, 0.1) is 5.92 Å². The van der Waals surface area contributed by atoms with Crippen LogP contribution in [0.5, 0.6) is 0 Å². The number of aryl methyl sites for hydroxylation is 2. The number of carbonyl (C=O) groups is 1. The number of amides is 1. The molecule has 0 aliphatic carbocycles. The van der Waals surface area contributed by atoms with Gasteiger partial charge in [-0.1, -0.05) is 0 Å². The molecule has 2 N–H and O–H groups in total. The normalized spacial score (nSPS) is 20.0. The fourth-order valence-electron chi connectivity index (χ4n) is 2.07. The van der Waals surface area contributed by atoms with Gasteiger partial charge in [-0.3, -0.25) is 10.1 Å². The van der Waals surface area contributed by atoms with Crippen LogP contribution < -0.4 is 10.6 Å². The molecule has 0 spiro atoms. The predicted octanol–water partition coefficient (Wildman–Crippen LogP) is 1.03. The van der Waals surface area contributed by atoms with Crippen LogP contribution in [-0.2, 0) is 4.79 Å². The summed E-state index contributed by atoms with van der Waals surface area (Å²) < 4.78 is 0. The molecule has 17 heavy (non-hydrogen) atoms. The molecular weight excluding hydrogens is 216 g/mol. The minimum Gasteiger partial charge on any atom is -0.316 e.